The second kappa shape index (κ2) is 2.59. The summed E-state index contributed by atoms with van der Waals surface area (Å²) in [7, 11) is 1.91. The second-order valence-electron chi connectivity index (χ2n) is 3.84. The van der Waals surface area contributed by atoms with E-state index in [1.165, 1.54) is 0 Å². The smallest absolute Gasteiger partial charge is 0.262 e. The van der Waals surface area contributed by atoms with Crippen molar-refractivity contribution >= 4 is 18.2 Å². The molecule has 0 amide bonds. The van der Waals surface area contributed by atoms with Gasteiger partial charge in [0.2, 0.25) is 5.95 Å². The average Bonchev–Trinajstić information content (AvgIpc) is 2.79. The number of nitrogens with one attached hydrogen (secondary N) is 1. The summed E-state index contributed by atoms with van der Waals surface area (Å²) in [5, 5.41) is 3.05. The molecule has 15 heavy (non-hydrogen) atoms. The molecular formula is C9H11N5O. The van der Waals surface area contributed by atoms with E-state index in [1.54, 1.807) is 17.1 Å². The molecule has 0 aliphatic carbocycles. The number of likely N-dealkylation sites (N-methyl/N-ethyl adjacent to an activating group) is 1. The van der Waals surface area contributed by atoms with Gasteiger partial charge < -0.3 is 10.2 Å². The van der Waals surface area contributed by atoms with E-state index >= 15 is 0 Å². The highest BCUT2D eigenvalue weighted by atomic mass is 16.2. The molecule has 0 saturated carbocycles. The molecule has 0 aromatic carbocycles. The van der Waals surface area contributed by atoms with Crippen molar-refractivity contribution in [1.29, 1.82) is 0 Å². The largest absolute Gasteiger partial charge is 0.354 e. The Morgan fingerprint density at radius 3 is 3.13 bits per heavy atom. The van der Waals surface area contributed by atoms with Crippen LogP contribution in [0.3, 0.4) is 0 Å². The molecule has 2 aliphatic rings. The van der Waals surface area contributed by atoms with Crippen LogP contribution in [0.5, 0.6) is 0 Å². The molecule has 3 heterocycles. The highest BCUT2D eigenvalue weighted by Gasteiger charge is 2.41. The molecule has 0 bridgehead atoms. The summed E-state index contributed by atoms with van der Waals surface area (Å²) in [6, 6.07) is -0.351. The molecule has 6 heteroatoms. The van der Waals surface area contributed by atoms with E-state index in [0.29, 0.717) is 5.95 Å². The molecule has 1 aromatic rings. The Morgan fingerprint density at radius 1 is 1.53 bits per heavy atom. The lowest BCUT2D eigenvalue weighted by Crippen LogP contribution is -2.55. The van der Waals surface area contributed by atoms with E-state index in [-0.39, 0.29) is 18.1 Å². The Labute approximate surface area is 86.6 Å². The van der Waals surface area contributed by atoms with Gasteiger partial charge in [-0.1, -0.05) is 0 Å². The minimum atomic E-state index is -0.351. The van der Waals surface area contributed by atoms with Crippen LogP contribution >= 0.6 is 0 Å². The Kier molecular flexibility index (Phi) is 1.46. The van der Waals surface area contributed by atoms with Crippen molar-refractivity contribution in [3.63, 3.8) is 0 Å². The lowest BCUT2D eigenvalue weighted by molar-refractivity contribution is 0.0856. The lowest BCUT2D eigenvalue weighted by Gasteiger charge is -2.33. The summed E-state index contributed by atoms with van der Waals surface area (Å²) in [6.07, 6.45) is 3.24. The van der Waals surface area contributed by atoms with Crippen molar-refractivity contribution in [2.75, 3.05) is 11.9 Å². The molecule has 0 fully saturated rings. The molecule has 6 nitrogen and oxygen atoms in total. The van der Waals surface area contributed by atoms with E-state index < -0.39 is 0 Å². The van der Waals surface area contributed by atoms with Gasteiger partial charge in [-0.05, 0) is 6.92 Å². The number of hydrogen-bond acceptors (Lipinski definition) is 5. The normalized spacial score (nSPS) is 27.6. The van der Waals surface area contributed by atoms with Crippen molar-refractivity contribution in [3.05, 3.63) is 11.9 Å². The van der Waals surface area contributed by atoms with Gasteiger partial charge in [-0.25, -0.2) is 4.98 Å². The Bertz CT molecular complexity index is 463. The van der Waals surface area contributed by atoms with Gasteiger partial charge in [0.05, 0.1) is 12.0 Å². The van der Waals surface area contributed by atoms with Gasteiger partial charge in [0.1, 0.15) is 6.17 Å². The standard InChI is InChI=1S/C9H11N5O/c1-5-3-14-8(15)6-7(11-4-10-6)13(2)9(14)12-5/h3-4,6-7H,1-2H3,(H,10,11). The summed E-state index contributed by atoms with van der Waals surface area (Å²) in [5.74, 6) is 0.659. The number of carbonyl (C=O) groups is 1. The minimum absolute atomic E-state index is 0.0186. The molecule has 0 saturated heterocycles. The van der Waals surface area contributed by atoms with Crippen LogP contribution in [0, 0.1) is 6.92 Å². The van der Waals surface area contributed by atoms with Crippen LogP contribution in [0.4, 0.5) is 5.95 Å². The number of nitrogens with zero attached hydrogens (tertiary/aromatic N) is 4. The number of hydrogen-bond donors (Lipinski definition) is 1. The van der Waals surface area contributed by atoms with Crippen molar-refractivity contribution in [2.45, 2.75) is 19.1 Å². The van der Waals surface area contributed by atoms with Crippen molar-refractivity contribution in [3.8, 4) is 0 Å². The SMILES string of the molecule is Cc1cn2c(n1)N(C)C1NC=NC1C2=O. The van der Waals surface area contributed by atoms with Crippen LogP contribution in [0.1, 0.15) is 10.5 Å². The molecular weight excluding hydrogens is 194 g/mol. The van der Waals surface area contributed by atoms with E-state index in [4.69, 9.17) is 0 Å². The fraction of sp³-hybridized carbons (Fsp3) is 0.444. The topological polar surface area (TPSA) is 62.5 Å². The Hall–Kier alpha value is -1.85. The highest BCUT2D eigenvalue weighted by molar-refractivity contribution is 5.92. The maximum atomic E-state index is 12.0. The first-order valence-corrected chi connectivity index (χ1v) is 4.79. The molecule has 1 aromatic heterocycles. The average molecular weight is 205 g/mol. The number of aromatic nitrogens is 2. The van der Waals surface area contributed by atoms with Crippen LogP contribution in [0.15, 0.2) is 11.2 Å². The molecule has 3 rings (SSSR count). The number of imidazole rings is 1. The summed E-state index contributed by atoms with van der Waals surface area (Å²) in [5.41, 5.74) is 0.842. The van der Waals surface area contributed by atoms with Crippen molar-refractivity contribution < 1.29 is 4.79 Å². The first kappa shape index (κ1) is 8.46. The summed E-state index contributed by atoms with van der Waals surface area (Å²) < 4.78 is 1.57. The van der Waals surface area contributed by atoms with Gasteiger partial charge in [0.15, 0.2) is 6.04 Å². The van der Waals surface area contributed by atoms with E-state index in [0.717, 1.165) is 5.69 Å². The maximum absolute atomic E-state index is 12.0. The van der Waals surface area contributed by atoms with Gasteiger partial charge >= 0.3 is 0 Å². The fourth-order valence-electron chi connectivity index (χ4n) is 2.06. The number of aryl methyl sites for hydroxylation is 1. The zero-order valence-corrected chi connectivity index (χ0v) is 8.51. The van der Waals surface area contributed by atoms with Gasteiger partial charge in [-0.15, -0.1) is 0 Å². The fourth-order valence-corrected chi connectivity index (χ4v) is 2.06. The monoisotopic (exact) mass is 205 g/mol. The third kappa shape index (κ3) is 0.958. The number of aliphatic imine (C=N–C) groups is 1. The third-order valence-electron chi connectivity index (χ3n) is 2.81. The molecule has 2 unspecified atom stereocenters. The second-order valence-corrected chi connectivity index (χ2v) is 3.84. The zero-order valence-electron chi connectivity index (χ0n) is 8.51. The van der Waals surface area contributed by atoms with Gasteiger partial charge in [0.25, 0.3) is 5.91 Å². The van der Waals surface area contributed by atoms with Gasteiger partial charge in [0, 0.05) is 13.2 Å². The van der Waals surface area contributed by atoms with Gasteiger partial charge in [-0.3, -0.25) is 14.4 Å². The third-order valence-corrected chi connectivity index (χ3v) is 2.81. The van der Waals surface area contributed by atoms with Crippen LogP contribution in [0.2, 0.25) is 0 Å². The van der Waals surface area contributed by atoms with Crippen LogP contribution in [-0.2, 0) is 0 Å². The molecule has 78 valence electrons. The molecule has 0 radical (unpaired) electrons. The minimum Gasteiger partial charge on any atom is -0.354 e. The Balaban J connectivity index is 2.16. The lowest BCUT2D eigenvalue weighted by atomic mass is 10.2. The predicted octanol–water partition coefficient (Wildman–Crippen LogP) is -0.392. The molecule has 2 aliphatic heterocycles. The summed E-state index contributed by atoms with van der Waals surface area (Å²) in [6.45, 7) is 1.87. The maximum Gasteiger partial charge on any atom is 0.262 e. The highest BCUT2D eigenvalue weighted by Crippen LogP contribution is 2.25. The van der Waals surface area contributed by atoms with E-state index in [9.17, 15) is 4.79 Å². The zero-order chi connectivity index (χ0) is 10.6. The van der Waals surface area contributed by atoms with Crippen molar-refractivity contribution in [2.24, 2.45) is 4.99 Å². The number of fused-ring (bicyclic) bond motifs is 2. The first-order chi connectivity index (χ1) is 7.18. The predicted molar refractivity (Wildman–Crippen MR) is 55.2 cm³/mol. The van der Waals surface area contributed by atoms with Crippen molar-refractivity contribution in [1.82, 2.24) is 14.9 Å². The van der Waals surface area contributed by atoms with Crippen LogP contribution in [-0.4, -0.2) is 41.1 Å². The Morgan fingerprint density at radius 2 is 2.33 bits per heavy atom. The number of anilines is 1. The summed E-state index contributed by atoms with van der Waals surface area (Å²) >= 11 is 0. The molecule has 1 N–H and O–H groups in total. The van der Waals surface area contributed by atoms with Crippen LogP contribution < -0.4 is 10.2 Å². The molecule has 2 atom stereocenters. The molecule has 0 spiro atoms. The number of carbonyl (C=O) groups excluding carboxylic acids is 1. The summed E-state index contributed by atoms with van der Waals surface area (Å²) in [4.78, 5) is 22.4. The van der Waals surface area contributed by atoms with Crippen LogP contribution in [0.25, 0.3) is 0 Å². The number of rotatable bonds is 0. The first-order valence-electron chi connectivity index (χ1n) is 4.79. The van der Waals surface area contributed by atoms with E-state index in [1.807, 2.05) is 18.9 Å². The quantitative estimate of drug-likeness (QED) is 0.626. The van der Waals surface area contributed by atoms with Gasteiger partial charge in [-0.2, -0.15) is 0 Å². The van der Waals surface area contributed by atoms with E-state index in [2.05, 4.69) is 15.3 Å².